The highest BCUT2D eigenvalue weighted by molar-refractivity contribution is 5.71. The highest BCUT2D eigenvalue weighted by Gasteiger charge is 2.48. The van der Waals surface area contributed by atoms with Crippen LogP contribution in [-0.4, -0.2) is 48.2 Å². The maximum absolute atomic E-state index is 12.6. The highest BCUT2D eigenvalue weighted by Crippen LogP contribution is 2.52. The van der Waals surface area contributed by atoms with E-state index >= 15 is 0 Å². The van der Waals surface area contributed by atoms with E-state index in [0.29, 0.717) is 5.92 Å². The zero-order valence-electron chi connectivity index (χ0n) is 21.7. The molecule has 3 aliphatic heterocycles. The zero-order valence-corrected chi connectivity index (χ0v) is 21.7. The standard InChI is InChI=1S/C30H40N2O3/c1-5-6-15-35-24-9-7-21(8-10-24)25-17-23-18-30(3,4)28(26(23)16-20(25)2)32(29(33)34)27-19-31-13-11-22(27)12-14-31/h7-10,16-17,22,27-28H,5-6,11-15,18-19H2,1-4H3,(H,33,34)/p-1/t27-,28+/m1/s1. The predicted molar refractivity (Wildman–Crippen MR) is 137 cm³/mol. The number of hydrogen-bond acceptors (Lipinski definition) is 4. The lowest BCUT2D eigenvalue weighted by Gasteiger charge is -2.53. The minimum Gasteiger partial charge on any atom is -0.530 e. The molecule has 1 amide bonds. The van der Waals surface area contributed by atoms with E-state index in [4.69, 9.17) is 4.74 Å². The quantitative estimate of drug-likeness (QED) is 0.516. The number of carboxylic acid groups (broad SMARTS) is 1. The van der Waals surface area contributed by atoms with Gasteiger partial charge in [-0.05, 0) is 97.0 Å². The fourth-order valence-corrected chi connectivity index (χ4v) is 6.77. The lowest BCUT2D eigenvalue weighted by atomic mass is 9.79. The van der Waals surface area contributed by atoms with Crippen molar-refractivity contribution in [2.24, 2.45) is 11.3 Å². The van der Waals surface area contributed by atoms with E-state index < -0.39 is 6.09 Å². The molecule has 0 unspecified atom stereocenters. The monoisotopic (exact) mass is 475 g/mol. The smallest absolute Gasteiger partial charge is 0.137 e. The number of unbranched alkanes of at least 4 members (excludes halogenated alkanes) is 1. The molecule has 0 N–H and O–H groups in total. The third kappa shape index (κ3) is 4.55. The van der Waals surface area contributed by atoms with Gasteiger partial charge in [0, 0.05) is 12.6 Å². The molecule has 1 aliphatic carbocycles. The Morgan fingerprint density at radius 1 is 1.17 bits per heavy atom. The number of rotatable bonds is 7. The van der Waals surface area contributed by atoms with Crippen molar-refractivity contribution in [2.45, 2.75) is 71.9 Å². The molecule has 5 nitrogen and oxygen atoms in total. The number of nitrogens with zero attached hydrogens (tertiary/aromatic N) is 2. The van der Waals surface area contributed by atoms with Crippen molar-refractivity contribution in [3.63, 3.8) is 0 Å². The summed E-state index contributed by atoms with van der Waals surface area (Å²) in [6.07, 6.45) is 4.21. The van der Waals surface area contributed by atoms with E-state index in [1.165, 1.54) is 22.3 Å². The summed E-state index contributed by atoms with van der Waals surface area (Å²) in [5.41, 5.74) is 5.80. The van der Waals surface area contributed by atoms with Crippen LogP contribution in [-0.2, 0) is 6.42 Å². The number of carbonyl (C=O) groups excluding carboxylic acids is 1. The molecule has 0 spiro atoms. The lowest BCUT2D eigenvalue weighted by molar-refractivity contribution is -0.276. The molecule has 4 aliphatic rings. The Labute approximate surface area is 210 Å². The van der Waals surface area contributed by atoms with Crippen LogP contribution >= 0.6 is 0 Å². The van der Waals surface area contributed by atoms with Gasteiger partial charge in [-0.15, -0.1) is 0 Å². The number of fused-ring (bicyclic) bond motifs is 4. The summed E-state index contributed by atoms with van der Waals surface area (Å²) < 4.78 is 5.84. The second kappa shape index (κ2) is 9.50. The van der Waals surface area contributed by atoms with Gasteiger partial charge < -0.3 is 24.4 Å². The second-order valence-corrected chi connectivity index (χ2v) is 11.5. The van der Waals surface area contributed by atoms with Gasteiger partial charge in [-0.1, -0.05) is 51.5 Å². The molecule has 188 valence electrons. The highest BCUT2D eigenvalue weighted by atomic mass is 16.5. The summed E-state index contributed by atoms with van der Waals surface area (Å²) in [5, 5.41) is 12.6. The number of carbonyl (C=O) groups is 1. The van der Waals surface area contributed by atoms with Gasteiger partial charge in [0.15, 0.2) is 0 Å². The Kier molecular flexibility index (Phi) is 6.56. The minimum absolute atomic E-state index is 0.0259. The van der Waals surface area contributed by atoms with Crippen molar-refractivity contribution < 1.29 is 14.6 Å². The Balaban J connectivity index is 1.46. The van der Waals surface area contributed by atoms with Crippen LogP contribution in [0.4, 0.5) is 4.79 Å². The van der Waals surface area contributed by atoms with Crippen molar-refractivity contribution in [1.29, 1.82) is 0 Å². The molecular weight excluding hydrogens is 436 g/mol. The summed E-state index contributed by atoms with van der Waals surface area (Å²) in [4.78, 5) is 16.8. The van der Waals surface area contributed by atoms with Gasteiger partial charge in [0.05, 0.1) is 12.6 Å². The Bertz CT molecular complexity index is 1070. The molecule has 0 radical (unpaired) electrons. The molecule has 35 heavy (non-hydrogen) atoms. The number of aryl methyl sites for hydroxylation is 1. The third-order valence-corrected chi connectivity index (χ3v) is 8.57. The summed E-state index contributed by atoms with van der Waals surface area (Å²) in [7, 11) is 0. The first kappa shape index (κ1) is 24.2. The van der Waals surface area contributed by atoms with E-state index in [1.807, 2.05) is 0 Å². The molecule has 3 saturated heterocycles. The summed E-state index contributed by atoms with van der Waals surface area (Å²) >= 11 is 0. The van der Waals surface area contributed by atoms with Crippen molar-refractivity contribution in [2.75, 3.05) is 26.2 Å². The van der Waals surface area contributed by atoms with E-state index in [2.05, 4.69) is 69.0 Å². The number of benzene rings is 2. The molecular formula is C30H39N2O3-. The Hall–Kier alpha value is -2.53. The first-order valence-electron chi connectivity index (χ1n) is 13.4. The summed E-state index contributed by atoms with van der Waals surface area (Å²) in [6, 6.07) is 12.8. The van der Waals surface area contributed by atoms with Crippen molar-refractivity contribution in [1.82, 2.24) is 9.80 Å². The van der Waals surface area contributed by atoms with Crippen molar-refractivity contribution in [3.8, 4) is 16.9 Å². The van der Waals surface area contributed by atoms with Crippen molar-refractivity contribution >= 4 is 6.09 Å². The summed E-state index contributed by atoms with van der Waals surface area (Å²) in [5.74, 6) is 1.35. The van der Waals surface area contributed by atoms with Gasteiger partial charge in [-0.2, -0.15) is 0 Å². The summed E-state index contributed by atoms with van der Waals surface area (Å²) in [6.45, 7) is 12.5. The van der Waals surface area contributed by atoms with Gasteiger partial charge in [0.1, 0.15) is 11.8 Å². The Morgan fingerprint density at radius 2 is 1.89 bits per heavy atom. The number of amides is 1. The topological polar surface area (TPSA) is 55.8 Å². The van der Waals surface area contributed by atoms with Crippen LogP contribution in [0.15, 0.2) is 36.4 Å². The SMILES string of the molecule is CCCCOc1ccc(-c2cc3c(cc2C)[C@H](N(C(=O)[O-])[C@@H]2CN4CCC2CC4)C(C)(C)C3)cc1. The van der Waals surface area contributed by atoms with E-state index in [9.17, 15) is 9.90 Å². The fraction of sp³-hybridized carbons (Fsp3) is 0.567. The molecule has 2 atom stereocenters. The van der Waals surface area contributed by atoms with Gasteiger partial charge >= 0.3 is 0 Å². The largest absolute Gasteiger partial charge is 0.530 e. The molecule has 2 aromatic carbocycles. The van der Waals surface area contributed by atoms with Crippen LogP contribution in [0.25, 0.3) is 11.1 Å². The van der Waals surface area contributed by atoms with Gasteiger partial charge in [0.2, 0.25) is 0 Å². The average Bonchev–Trinajstić information content (AvgIpc) is 3.09. The first-order chi connectivity index (χ1) is 16.8. The molecule has 2 bridgehead atoms. The zero-order chi connectivity index (χ0) is 24.7. The molecule has 2 aromatic rings. The maximum atomic E-state index is 12.6. The molecule has 3 fully saturated rings. The van der Waals surface area contributed by atoms with Gasteiger partial charge in [0.25, 0.3) is 0 Å². The normalized spacial score (nSPS) is 26.4. The maximum Gasteiger partial charge on any atom is 0.137 e. The minimum atomic E-state index is -1.02. The molecule has 0 aromatic heterocycles. The second-order valence-electron chi connectivity index (χ2n) is 11.5. The number of piperidine rings is 3. The van der Waals surface area contributed by atoms with Crippen LogP contribution in [0.5, 0.6) is 5.75 Å². The molecule has 3 heterocycles. The van der Waals surface area contributed by atoms with Gasteiger partial charge in [-0.25, -0.2) is 0 Å². The van der Waals surface area contributed by atoms with E-state index in [0.717, 1.165) is 69.7 Å². The van der Waals surface area contributed by atoms with E-state index in [-0.39, 0.29) is 17.5 Å². The van der Waals surface area contributed by atoms with Crippen LogP contribution in [0, 0.1) is 18.3 Å². The third-order valence-electron chi connectivity index (χ3n) is 8.57. The first-order valence-corrected chi connectivity index (χ1v) is 13.4. The number of hydrogen-bond donors (Lipinski definition) is 0. The van der Waals surface area contributed by atoms with Crippen LogP contribution in [0.3, 0.4) is 0 Å². The van der Waals surface area contributed by atoms with Crippen LogP contribution in [0.2, 0.25) is 0 Å². The molecule has 6 rings (SSSR count). The average molecular weight is 476 g/mol. The fourth-order valence-electron chi connectivity index (χ4n) is 6.77. The molecule has 0 saturated carbocycles. The van der Waals surface area contributed by atoms with Gasteiger partial charge in [-0.3, -0.25) is 0 Å². The van der Waals surface area contributed by atoms with Crippen LogP contribution < -0.4 is 9.84 Å². The van der Waals surface area contributed by atoms with Crippen LogP contribution in [0.1, 0.15) is 69.2 Å². The molecule has 5 heteroatoms. The predicted octanol–water partition coefficient (Wildman–Crippen LogP) is 5.20. The Morgan fingerprint density at radius 3 is 2.49 bits per heavy atom. The number of ether oxygens (including phenoxy) is 1. The van der Waals surface area contributed by atoms with Crippen molar-refractivity contribution in [3.05, 3.63) is 53.1 Å². The lowest BCUT2D eigenvalue weighted by Crippen LogP contribution is -2.62. The van der Waals surface area contributed by atoms with E-state index in [1.54, 1.807) is 4.90 Å².